The molecule has 1 aromatic carbocycles. The SMILES string of the molecule is CCOc1ccc(CC(=O)N2CCC(NC(C)=O)CC2)cc1. The molecule has 2 amide bonds. The molecule has 0 spiro atoms. The maximum atomic E-state index is 12.3. The Bertz CT molecular complexity index is 505. The zero-order valence-corrected chi connectivity index (χ0v) is 13.3. The van der Waals surface area contributed by atoms with Gasteiger partial charge in [0.15, 0.2) is 0 Å². The minimum absolute atomic E-state index is 0.000774. The van der Waals surface area contributed by atoms with Crippen molar-refractivity contribution in [3.05, 3.63) is 29.8 Å². The van der Waals surface area contributed by atoms with E-state index >= 15 is 0 Å². The summed E-state index contributed by atoms with van der Waals surface area (Å²) in [5.41, 5.74) is 0.998. The number of likely N-dealkylation sites (tertiary alicyclic amines) is 1. The second kappa shape index (κ2) is 7.82. The molecule has 120 valence electrons. The third-order valence-electron chi connectivity index (χ3n) is 3.84. The lowest BCUT2D eigenvalue weighted by atomic mass is 10.0. The summed E-state index contributed by atoms with van der Waals surface area (Å²) < 4.78 is 5.40. The van der Waals surface area contributed by atoms with E-state index in [1.165, 1.54) is 6.92 Å². The first-order valence-electron chi connectivity index (χ1n) is 7.85. The van der Waals surface area contributed by atoms with Gasteiger partial charge in [-0.3, -0.25) is 9.59 Å². The van der Waals surface area contributed by atoms with Crippen molar-refractivity contribution in [2.24, 2.45) is 0 Å². The molecular formula is C17H24N2O3. The van der Waals surface area contributed by atoms with Gasteiger partial charge >= 0.3 is 0 Å². The molecule has 0 aliphatic carbocycles. The molecule has 1 fully saturated rings. The van der Waals surface area contributed by atoms with E-state index in [9.17, 15) is 9.59 Å². The summed E-state index contributed by atoms with van der Waals surface area (Å²) >= 11 is 0. The van der Waals surface area contributed by atoms with Crippen LogP contribution in [0.15, 0.2) is 24.3 Å². The number of ether oxygens (including phenoxy) is 1. The van der Waals surface area contributed by atoms with Crippen molar-refractivity contribution in [1.29, 1.82) is 0 Å². The van der Waals surface area contributed by atoms with Crippen LogP contribution >= 0.6 is 0 Å². The fourth-order valence-electron chi connectivity index (χ4n) is 2.72. The lowest BCUT2D eigenvalue weighted by Crippen LogP contribution is -2.46. The van der Waals surface area contributed by atoms with Crippen molar-refractivity contribution in [2.45, 2.75) is 39.2 Å². The van der Waals surface area contributed by atoms with Crippen LogP contribution in [0.4, 0.5) is 0 Å². The topological polar surface area (TPSA) is 58.6 Å². The molecule has 1 aliphatic heterocycles. The first-order chi connectivity index (χ1) is 10.6. The average Bonchev–Trinajstić information content (AvgIpc) is 2.49. The highest BCUT2D eigenvalue weighted by Gasteiger charge is 2.23. The Kier molecular flexibility index (Phi) is 5.81. The number of hydrogen-bond acceptors (Lipinski definition) is 3. The maximum absolute atomic E-state index is 12.3. The summed E-state index contributed by atoms with van der Waals surface area (Å²) in [7, 11) is 0. The normalized spacial score (nSPS) is 15.5. The lowest BCUT2D eigenvalue weighted by Gasteiger charge is -2.32. The van der Waals surface area contributed by atoms with Crippen LogP contribution in [0.2, 0.25) is 0 Å². The van der Waals surface area contributed by atoms with Crippen LogP contribution in [0.5, 0.6) is 5.75 Å². The first kappa shape index (κ1) is 16.3. The van der Waals surface area contributed by atoms with Crippen molar-refractivity contribution in [3.63, 3.8) is 0 Å². The van der Waals surface area contributed by atoms with Gasteiger partial charge in [0, 0.05) is 26.1 Å². The molecule has 0 aromatic heterocycles. The van der Waals surface area contributed by atoms with Gasteiger partial charge in [0.2, 0.25) is 11.8 Å². The molecule has 0 saturated carbocycles. The van der Waals surface area contributed by atoms with Crippen molar-refractivity contribution in [1.82, 2.24) is 10.2 Å². The van der Waals surface area contributed by atoms with Crippen molar-refractivity contribution in [2.75, 3.05) is 19.7 Å². The van der Waals surface area contributed by atoms with E-state index in [2.05, 4.69) is 5.32 Å². The molecule has 0 atom stereocenters. The smallest absolute Gasteiger partial charge is 0.226 e. The molecule has 1 aliphatic rings. The third-order valence-corrected chi connectivity index (χ3v) is 3.84. The minimum atomic E-state index is -0.000774. The van der Waals surface area contributed by atoms with Gasteiger partial charge < -0.3 is 15.0 Å². The average molecular weight is 304 g/mol. The molecule has 1 aromatic rings. The van der Waals surface area contributed by atoms with Gasteiger partial charge in [-0.2, -0.15) is 0 Å². The molecule has 0 bridgehead atoms. The van der Waals surface area contributed by atoms with Crippen molar-refractivity contribution >= 4 is 11.8 Å². The molecule has 22 heavy (non-hydrogen) atoms. The lowest BCUT2D eigenvalue weighted by molar-refractivity contribution is -0.131. The highest BCUT2D eigenvalue weighted by molar-refractivity contribution is 5.79. The van der Waals surface area contributed by atoms with Gasteiger partial charge in [0.1, 0.15) is 5.75 Å². The quantitative estimate of drug-likeness (QED) is 0.901. The van der Waals surface area contributed by atoms with E-state index < -0.39 is 0 Å². The Morgan fingerprint density at radius 1 is 1.23 bits per heavy atom. The molecule has 5 nitrogen and oxygen atoms in total. The largest absolute Gasteiger partial charge is 0.494 e. The molecule has 1 N–H and O–H groups in total. The predicted octanol–water partition coefficient (Wildman–Crippen LogP) is 1.75. The Hall–Kier alpha value is -2.04. The van der Waals surface area contributed by atoms with Gasteiger partial charge in [-0.25, -0.2) is 0 Å². The molecule has 1 heterocycles. The zero-order chi connectivity index (χ0) is 15.9. The number of carbonyl (C=O) groups excluding carboxylic acids is 2. The molecule has 0 radical (unpaired) electrons. The molecule has 0 unspecified atom stereocenters. The van der Waals surface area contributed by atoms with Crippen LogP contribution in [0.3, 0.4) is 0 Å². The zero-order valence-electron chi connectivity index (χ0n) is 13.3. The van der Waals surface area contributed by atoms with Crippen molar-refractivity contribution < 1.29 is 14.3 Å². The molecule has 5 heteroatoms. The van der Waals surface area contributed by atoms with Gasteiger partial charge in [-0.05, 0) is 37.5 Å². The highest BCUT2D eigenvalue weighted by Crippen LogP contribution is 2.15. The van der Waals surface area contributed by atoms with E-state index in [1.807, 2.05) is 36.1 Å². The van der Waals surface area contributed by atoms with Crippen LogP contribution in [0, 0.1) is 0 Å². The predicted molar refractivity (Wildman–Crippen MR) is 84.7 cm³/mol. The van der Waals surface area contributed by atoms with Crippen LogP contribution in [0.25, 0.3) is 0 Å². The maximum Gasteiger partial charge on any atom is 0.226 e. The Balaban J connectivity index is 1.81. The Labute approximate surface area is 131 Å². The van der Waals surface area contributed by atoms with Crippen LogP contribution in [-0.4, -0.2) is 42.5 Å². The number of carbonyl (C=O) groups is 2. The van der Waals surface area contributed by atoms with Crippen LogP contribution in [-0.2, 0) is 16.0 Å². The fourth-order valence-corrected chi connectivity index (χ4v) is 2.72. The summed E-state index contributed by atoms with van der Waals surface area (Å²) in [6.45, 7) is 5.54. The number of piperidine rings is 1. The molecule has 2 rings (SSSR count). The van der Waals surface area contributed by atoms with E-state index in [0.29, 0.717) is 26.1 Å². The Morgan fingerprint density at radius 2 is 1.86 bits per heavy atom. The van der Waals surface area contributed by atoms with Gasteiger partial charge in [0.05, 0.1) is 13.0 Å². The molecule has 1 saturated heterocycles. The summed E-state index contributed by atoms with van der Waals surface area (Å²) in [5, 5.41) is 2.92. The van der Waals surface area contributed by atoms with Gasteiger partial charge in [-0.15, -0.1) is 0 Å². The number of amides is 2. The van der Waals surface area contributed by atoms with E-state index in [0.717, 1.165) is 24.2 Å². The standard InChI is InChI=1S/C17H24N2O3/c1-3-22-16-6-4-14(5-7-16)12-17(21)19-10-8-15(9-11-19)18-13(2)20/h4-7,15H,3,8-12H2,1-2H3,(H,18,20). The molecular weight excluding hydrogens is 280 g/mol. The summed E-state index contributed by atoms with van der Waals surface area (Å²) in [4.78, 5) is 25.2. The number of hydrogen-bond donors (Lipinski definition) is 1. The van der Waals surface area contributed by atoms with E-state index in [1.54, 1.807) is 0 Å². The number of rotatable bonds is 5. The number of benzene rings is 1. The highest BCUT2D eigenvalue weighted by atomic mass is 16.5. The van der Waals surface area contributed by atoms with Crippen LogP contribution in [0.1, 0.15) is 32.3 Å². The fraction of sp³-hybridized carbons (Fsp3) is 0.529. The monoisotopic (exact) mass is 304 g/mol. The van der Waals surface area contributed by atoms with E-state index in [4.69, 9.17) is 4.74 Å². The Morgan fingerprint density at radius 3 is 2.41 bits per heavy atom. The van der Waals surface area contributed by atoms with Gasteiger partial charge in [0.25, 0.3) is 0 Å². The summed E-state index contributed by atoms with van der Waals surface area (Å²) in [6, 6.07) is 7.87. The second-order valence-electron chi connectivity index (χ2n) is 5.61. The van der Waals surface area contributed by atoms with E-state index in [-0.39, 0.29) is 17.9 Å². The summed E-state index contributed by atoms with van der Waals surface area (Å²) in [6.07, 6.45) is 2.07. The van der Waals surface area contributed by atoms with Crippen LogP contribution < -0.4 is 10.1 Å². The van der Waals surface area contributed by atoms with Gasteiger partial charge in [-0.1, -0.05) is 12.1 Å². The first-order valence-corrected chi connectivity index (χ1v) is 7.85. The van der Waals surface area contributed by atoms with Crippen molar-refractivity contribution in [3.8, 4) is 5.75 Å². The number of nitrogens with zero attached hydrogens (tertiary/aromatic N) is 1. The summed E-state index contributed by atoms with van der Waals surface area (Å²) in [5.74, 6) is 0.972. The minimum Gasteiger partial charge on any atom is -0.494 e. The number of nitrogens with one attached hydrogen (secondary N) is 1. The third kappa shape index (κ3) is 4.76. The second-order valence-corrected chi connectivity index (χ2v) is 5.61.